The summed E-state index contributed by atoms with van der Waals surface area (Å²) < 4.78 is 5.74. The van der Waals surface area contributed by atoms with Gasteiger partial charge in [0.2, 0.25) is 5.91 Å². The fraction of sp³-hybridized carbons (Fsp3) is 0.227. The van der Waals surface area contributed by atoms with Crippen molar-refractivity contribution in [1.29, 1.82) is 0 Å². The second-order valence-electron chi connectivity index (χ2n) is 7.02. The number of nitrogens with two attached hydrogens (primary N) is 1. The number of anilines is 2. The summed E-state index contributed by atoms with van der Waals surface area (Å²) in [7, 11) is 0. The minimum atomic E-state index is -0.625. The number of hydrogen-bond donors (Lipinski definition) is 1. The zero-order valence-electron chi connectivity index (χ0n) is 17.2. The highest BCUT2D eigenvalue weighted by atomic mass is 35.5. The lowest BCUT2D eigenvalue weighted by atomic mass is 10.0. The van der Waals surface area contributed by atoms with Gasteiger partial charge in [-0.15, -0.1) is 11.3 Å². The topological polar surface area (TPSA) is 85.5 Å². The Morgan fingerprint density at radius 1 is 1.17 bits per heavy atom. The highest BCUT2D eigenvalue weighted by Crippen LogP contribution is 2.35. The van der Waals surface area contributed by atoms with Gasteiger partial charge in [0.25, 0.3) is 5.91 Å². The summed E-state index contributed by atoms with van der Waals surface area (Å²) in [6.07, 6.45) is 0. The first-order chi connectivity index (χ1) is 14.2. The molecule has 1 aromatic heterocycles. The molecule has 3 rings (SSSR count). The largest absolute Gasteiger partial charge is 0.486 e. The molecule has 8 heteroatoms. The molecular formula is C22H22ClN3O3S. The number of primary amides is 1. The van der Waals surface area contributed by atoms with Crippen molar-refractivity contribution < 1.29 is 14.3 Å². The van der Waals surface area contributed by atoms with E-state index < -0.39 is 5.91 Å². The quantitative estimate of drug-likeness (QED) is 0.575. The Bertz CT molecular complexity index is 1100. The predicted octanol–water partition coefficient (Wildman–Crippen LogP) is 5.08. The molecule has 2 N–H and O–H groups in total. The van der Waals surface area contributed by atoms with Gasteiger partial charge in [-0.1, -0.05) is 29.3 Å². The van der Waals surface area contributed by atoms with E-state index in [4.69, 9.17) is 22.1 Å². The van der Waals surface area contributed by atoms with Gasteiger partial charge >= 0.3 is 0 Å². The van der Waals surface area contributed by atoms with E-state index in [1.54, 1.807) is 17.0 Å². The number of nitrogens with zero attached hydrogens (tertiary/aromatic N) is 2. The molecule has 6 nitrogen and oxygen atoms in total. The van der Waals surface area contributed by atoms with Gasteiger partial charge in [0, 0.05) is 17.3 Å². The molecule has 1 heterocycles. The Balaban J connectivity index is 1.87. The van der Waals surface area contributed by atoms with Gasteiger partial charge in [-0.05, 0) is 50.1 Å². The molecule has 30 heavy (non-hydrogen) atoms. The van der Waals surface area contributed by atoms with Gasteiger partial charge in [0.15, 0.2) is 5.13 Å². The summed E-state index contributed by atoms with van der Waals surface area (Å²) in [4.78, 5) is 30.3. The Labute approximate surface area is 184 Å². The molecule has 0 unspecified atom stereocenters. The van der Waals surface area contributed by atoms with E-state index in [1.807, 2.05) is 38.3 Å². The van der Waals surface area contributed by atoms with Crippen LogP contribution < -0.4 is 15.4 Å². The van der Waals surface area contributed by atoms with Gasteiger partial charge in [0.05, 0.1) is 16.9 Å². The number of benzene rings is 2. The van der Waals surface area contributed by atoms with E-state index >= 15 is 0 Å². The lowest BCUT2D eigenvalue weighted by Gasteiger charge is -2.23. The van der Waals surface area contributed by atoms with Crippen LogP contribution in [0.4, 0.5) is 10.8 Å². The van der Waals surface area contributed by atoms with E-state index in [0.29, 0.717) is 21.6 Å². The van der Waals surface area contributed by atoms with E-state index in [-0.39, 0.29) is 18.1 Å². The first-order valence-electron chi connectivity index (χ1n) is 9.22. The molecular weight excluding hydrogens is 422 g/mol. The van der Waals surface area contributed by atoms with Crippen molar-refractivity contribution in [1.82, 2.24) is 4.98 Å². The van der Waals surface area contributed by atoms with Crippen molar-refractivity contribution in [3.63, 3.8) is 0 Å². The summed E-state index contributed by atoms with van der Waals surface area (Å²) in [5, 5.41) is 2.78. The third-order valence-corrected chi connectivity index (χ3v) is 5.60. The average molecular weight is 444 g/mol. The minimum absolute atomic E-state index is 0.121. The first-order valence-corrected chi connectivity index (χ1v) is 10.5. The summed E-state index contributed by atoms with van der Waals surface area (Å²) in [6, 6.07) is 8.77. The third-order valence-electron chi connectivity index (χ3n) is 4.49. The van der Waals surface area contributed by atoms with Gasteiger partial charge in [-0.3, -0.25) is 14.5 Å². The SMILES string of the molecule is CC(=O)N(c1nc(COc2ccc(Cl)cc2C(N)=O)cs1)c1c(C)cc(C)cc1C. The molecule has 0 aliphatic carbocycles. The lowest BCUT2D eigenvalue weighted by Crippen LogP contribution is -2.24. The lowest BCUT2D eigenvalue weighted by molar-refractivity contribution is -0.115. The standard InChI is InChI=1S/C22H22ClN3O3S/c1-12-7-13(2)20(14(3)8-12)26(15(4)27)22-25-17(11-30-22)10-29-19-6-5-16(23)9-18(19)21(24)28/h5-9,11H,10H2,1-4H3,(H2,24,28). The smallest absolute Gasteiger partial charge is 0.252 e. The molecule has 0 saturated carbocycles. The summed E-state index contributed by atoms with van der Waals surface area (Å²) >= 11 is 7.28. The van der Waals surface area contributed by atoms with Gasteiger partial charge in [-0.2, -0.15) is 0 Å². The number of carbonyl (C=O) groups excluding carboxylic acids is 2. The number of carbonyl (C=O) groups is 2. The number of halogens is 1. The number of amides is 2. The molecule has 0 aliphatic heterocycles. The number of thiazole rings is 1. The molecule has 2 aromatic carbocycles. The molecule has 0 spiro atoms. The summed E-state index contributed by atoms with van der Waals surface area (Å²) in [5.74, 6) is -0.421. The zero-order chi connectivity index (χ0) is 22.0. The molecule has 0 bridgehead atoms. The van der Waals surface area contributed by atoms with Crippen LogP contribution in [0.5, 0.6) is 5.75 Å². The normalized spacial score (nSPS) is 10.7. The van der Waals surface area contributed by atoms with E-state index in [2.05, 4.69) is 4.98 Å². The number of rotatable bonds is 6. The van der Waals surface area contributed by atoms with Crippen LogP contribution in [0.1, 0.15) is 39.7 Å². The van der Waals surface area contributed by atoms with E-state index in [9.17, 15) is 9.59 Å². The van der Waals surface area contributed by atoms with Crippen LogP contribution in [-0.2, 0) is 11.4 Å². The highest BCUT2D eigenvalue weighted by Gasteiger charge is 2.22. The van der Waals surface area contributed by atoms with Crippen LogP contribution in [0, 0.1) is 20.8 Å². The van der Waals surface area contributed by atoms with Crippen LogP contribution in [-0.4, -0.2) is 16.8 Å². The maximum Gasteiger partial charge on any atom is 0.252 e. The fourth-order valence-electron chi connectivity index (χ4n) is 3.35. The summed E-state index contributed by atoms with van der Waals surface area (Å²) in [5.41, 5.74) is 10.2. The molecule has 2 amide bonds. The Hall–Kier alpha value is -2.90. The third kappa shape index (κ3) is 4.63. The Morgan fingerprint density at radius 3 is 2.43 bits per heavy atom. The highest BCUT2D eigenvalue weighted by molar-refractivity contribution is 7.14. The van der Waals surface area contributed by atoms with Crippen molar-refractivity contribution >= 4 is 45.6 Å². The molecule has 0 fully saturated rings. The van der Waals surface area contributed by atoms with Crippen molar-refractivity contribution in [3.8, 4) is 5.75 Å². The number of ether oxygens (including phenoxy) is 1. The van der Waals surface area contributed by atoms with E-state index in [0.717, 1.165) is 22.4 Å². The first kappa shape index (κ1) is 21.8. The van der Waals surface area contributed by atoms with Gasteiger partial charge in [0.1, 0.15) is 12.4 Å². The summed E-state index contributed by atoms with van der Waals surface area (Å²) in [6.45, 7) is 7.63. The zero-order valence-corrected chi connectivity index (χ0v) is 18.7. The second-order valence-corrected chi connectivity index (χ2v) is 8.29. The molecule has 156 valence electrons. The number of aromatic nitrogens is 1. The van der Waals surface area contributed by atoms with Crippen LogP contribution in [0.2, 0.25) is 5.02 Å². The van der Waals surface area contributed by atoms with Crippen LogP contribution in [0.3, 0.4) is 0 Å². The second kappa shape index (κ2) is 8.85. The molecule has 0 aliphatic rings. The van der Waals surface area contributed by atoms with Crippen LogP contribution in [0.15, 0.2) is 35.7 Å². The van der Waals surface area contributed by atoms with Crippen molar-refractivity contribution in [2.75, 3.05) is 4.90 Å². The van der Waals surface area contributed by atoms with Gasteiger partial charge in [-0.25, -0.2) is 4.98 Å². The molecule has 0 radical (unpaired) electrons. The average Bonchev–Trinajstić information content (AvgIpc) is 3.11. The predicted molar refractivity (Wildman–Crippen MR) is 120 cm³/mol. The van der Waals surface area contributed by atoms with Crippen LogP contribution in [0.25, 0.3) is 0 Å². The monoisotopic (exact) mass is 443 g/mol. The maximum atomic E-state index is 12.5. The molecule has 0 saturated heterocycles. The minimum Gasteiger partial charge on any atom is -0.486 e. The van der Waals surface area contributed by atoms with E-state index in [1.165, 1.54) is 24.3 Å². The van der Waals surface area contributed by atoms with Gasteiger partial charge < -0.3 is 10.5 Å². The molecule has 3 aromatic rings. The fourth-order valence-corrected chi connectivity index (χ4v) is 4.38. The van der Waals surface area contributed by atoms with Crippen molar-refractivity contribution in [2.24, 2.45) is 5.73 Å². The Kier molecular flexibility index (Phi) is 6.43. The van der Waals surface area contributed by atoms with Crippen LogP contribution >= 0.6 is 22.9 Å². The maximum absolute atomic E-state index is 12.5. The number of hydrogen-bond acceptors (Lipinski definition) is 5. The van der Waals surface area contributed by atoms with Crippen molar-refractivity contribution in [3.05, 3.63) is 68.7 Å². The van der Waals surface area contributed by atoms with Crippen molar-refractivity contribution in [2.45, 2.75) is 34.3 Å². The Morgan fingerprint density at radius 2 is 1.83 bits per heavy atom. The number of aryl methyl sites for hydroxylation is 3. The molecule has 0 atom stereocenters.